The molecule has 5 heteroatoms. The topological polar surface area (TPSA) is 62.4 Å². The van der Waals surface area contributed by atoms with Gasteiger partial charge in [-0.15, -0.1) is 0 Å². The van der Waals surface area contributed by atoms with Crippen molar-refractivity contribution in [2.75, 3.05) is 5.32 Å². The highest BCUT2D eigenvalue weighted by molar-refractivity contribution is 5.84. The van der Waals surface area contributed by atoms with E-state index >= 15 is 0 Å². The van der Waals surface area contributed by atoms with E-state index in [-0.39, 0.29) is 6.61 Å². The predicted molar refractivity (Wildman–Crippen MR) is 63.4 cm³/mol. The Hall–Kier alpha value is -1.62. The highest BCUT2D eigenvalue weighted by Gasteiger charge is 2.17. The summed E-state index contributed by atoms with van der Waals surface area (Å²) in [5.74, 6) is 0. The Kier molecular flexibility index (Phi) is 4.07. The highest BCUT2D eigenvalue weighted by atomic mass is 16.6. The molecule has 1 heterocycles. The van der Waals surface area contributed by atoms with E-state index < -0.39 is 11.7 Å². The van der Waals surface area contributed by atoms with Gasteiger partial charge in [0.25, 0.3) is 0 Å². The van der Waals surface area contributed by atoms with Crippen LogP contribution in [0.5, 0.6) is 0 Å². The largest absolute Gasteiger partial charge is 0.444 e. The van der Waals surface area contributed by atoms with Gasteiger partial charge in [0.1, 0.15) is 24.9 Å². The van der Waals surface area contributed by atoms with Crippen LogP contribution in [0, 0.1) is 0 Å². The second kappa shape index (κ2) is 5.14. The number of aromatic nitrogens is 1. The number of nitrogens with zero attached hydrogens (tertiary/aromatic N) is 1. The van der Waals surface area contributed by atoms with E-state index in [1.807, 2.05) is 0 Å². The Labute approximate surface area is 101 Å². The number of hydrogen-bond donors (Lipinski definition) is 2. The molecule has 0 bridgehead atoms. The van der Waals surface area contributed by atoms with E-state index in [2.05, 4.69) is 5.32 Å². The number of pyridine rings is 1. The SMILES string of the molecule is C[n+]1cc(NC(=O)OC(C)(C)C)ccc1CO. The van der Waals surface area contributed by atoms with Crippen LogP contribution in [0.3, 0.4) is 0 Å². The van der Waals surface area contributed by atoms with Crippen LogP contribution in [0.15, 0.2) is 18.3 Å². The summed E-state index contributed by atoms with van der Waals surface area (Å²) in [5, 5.41) is 11.6. The van der Waals surface area contributed by atoms with Gasteiger partial charge in [-0.1, -0.05) is 0 Å². The molecular weight excluding hydrogens is 220 g/mol. The summed E-state index contributed by atoms with van der Waals surface area (Å²) in [4.78, 5) is 11.5. The molecule has 0 aliphatic rings. The number of amides is 1. The molecule has 17 heavy (non-hydrogen) atoms. The lowest BCUT2D eigenvalue weighted by Crippen LogP contribution is -2.34. The van der Waals surface area contributed by atoms with Crippen LogP contribution in [-0.2, 0) is 18.4 Å². The maximum atomic E-state index is 11.5. The maximum Gasteiger partial charge on any atom is 0.412 e. The fraction of sp³-hybridized carbons (Fsp3) is 0.500. The number of nitrogens with one attached hydrogen (secondary N) is 1. The fourth-order valence-corrected chi connectivity index (χ4v) is 1.30. The molecular formula is C12H19N2O3+. The average molecular weight is 239 g/mol. The summed E-state index contributed by atoms with van der Waals surface area (Å²) in [6.07, 6.45) is 1.23. The number of anilines is 1. The molecule has 0 aliphatic heterocycles. The Morgan fingerprint density at radius 1 is 1.47 bits per heavy atom. The van der Waals surface area contributed by atoms with Gasteiger partial charge in [0.05, 0.1) is 0 Å². The molecule has 0 aromatic carbocycles. The first-order valence-electron chi connectivity index (χ1n) is 5.41. The van der Waals surface area contributed by atoms with Gasteiger partial charge in [-0.25, -0.2) is 9.36 Å². The predicted octanol–water partition coefficient (Wildman–Crippen LogP) is 1.35. The monoisotopic (exact) mass is 239 g/mol. The first-order chi connectivity index (χ1) is 7.81. The van der Waals surface area contributed by atoms with E-state index in [0.717, 1.165) is 5.69 Å². The van der Waals surface area contributed by atoms with E-state index in [1.54, 1.807) is 50.7 Å². The summed E-state index contributed by atoms with van der Waals surface area (Å²) in [7, 11) is 1.80. The molecule has 0 aliphatic carbocycles. The minimum Gasteiger partial charge on any atom is -0.444 e. The zero-order valence-electron chi connectivity index (χ0n) is 10.7. The summed E-state index contributed by atoms with van der Waals surface area (Å²) in [5.41, 5.74) is 0.871. The van der Waals surface area contributed by atoms with E-state index in [0.29, 0.717) is 5.69 Å². The van der Waals surface area contributed by atoms with Gasteiger partial charge in [0, 0.05) is 6.07 Å². The Morgan fingerprint density at radius 2 is 2.12 bits per heavy atom. The van der Waals surface area contributed by atoms with Crippen molar-refractivity contribution < 1.29 is 19.2 Å². The molecule has 1 aromatic rings. The zero-order valence-corrected chi connectivity index (χ0v) is 10.7. The normalized spacial score (nSPS) is 11.1. The van der Waals surface area contributed by atoms with Crippen LogP contribution >= 0.6 is 0 Å². The molecule has 1 rings (SSSR count). The van der Waals surface area contributed by atoms with Gasteiger partial charge in [-0.05, 0) is 26.8 Å². The molecule has 0 radical (unpaired) electrons. The summed E-state index contributed by atoms with van der Waals surface area (Å²) < 4.78 is 6.87. The molecule has 0 unspecified atom stereocenters. The first kappa shape index (κ1) is 13.4. The van der Waals surface area contributed by atoms with Crippen LogP contribution in [0.25, 0.3) is 0 Å². The van der Waals surface area contributed by atoms with Crippen LogP contribution in [0.2, 0.25) is 0 Å². The summed E-state index contributed by atoms with van der Waals surface area (Å²) in [6.45, 7) is 5.38. The molecule has 1 aromatic heterocycles. The Bertz CT molecular complexity index is 411. The number of carbonyl (C=O) groups excluding carboxylic acids is 1. The molecule has 1 amide bonds. The third-order valence-corrected chi connectivity index (χ3v) is 2.05. The van der Waals surface area contributed by atoms with Crippen LogP contribution in [0.1, 0.15) is 26.5 Å². The number of ether oxygens (including phenoxy) is 1. The van der Waals surface area contributed by atoms with E-state index in [4.69, 9.17) is 9.84 Å². The fourth-order valence-electron chi connectivity index (χ4n) is 1.30. The van der Waals surface area contributed by atoms with Crippen molar-refractivity contribution in [3.8, 4) is 0 Å². The van der Waals surface area contributed by atoms with Crippen LogP contribution in [0.4, 0.5) is 10.5 Å². The maximum absolute atomic E-state index is 11.5. The molecule has 5 nitrogen and oxygen atoms in total. The van der Waals surface area contributed by atoms with Gasteiger partial charge in [-0.3, -0.25) is 5.32 Å². The summed E-state index contributed by atoms with van der Waals surface area (Å²) in [6, 6.07) is 3.46. The first-order valence-corrected chi connectivity index (χ1v) is 5.41. The lowest BCUT2D eigenvalue weighted by atomic mass is 10.2. The molecule has 0 atom stereocenters. The number of hydrogen-bond acceptors (Lipinski definition) is 3. The molecule has 0 fully saturated rings. The van der Waals surface area contributed by atoms with Crippen molar-refractivity contribution in [2.45, 2.75) is 33.0 Å². The molecule has 0 saturated carbocycles. The van der Waals surface area contributed by atoms with Crippen molar-refractivity contribution in [1.82, 2.24) is 0 Å². The quantitative estimate of drug-likeness (QED) is 0.766. The van der Waals surface area contributed by atoms with E-state index in [9.17, 15) is 4.79 Å². The lowest BCUT2D eigenvalue weighted by Gasteiger charge is -2.19. The van der Waals surface area contributed by atoms with Gasteiger partial charge in [-0.2, -0.15) is 0 Å². The van der Waals surface area contributed by atoms with Crippen molar-refractivity contribution in [3.63, 3.8) is 0 Å². The van der Waals surface area contributed by atoms with E-state index in [1.165, 1.54) is 0 Å². The number of aliphatic hydroxyl groups excluding tert-OH is 1. The third-order valence-electron chi connectivity index (χ3n) is 2.05. The van der Waals surface area contributed by atoms with Crippen molar-refractivity contribution in [3.05, 3.63) is 24.0 Å². The Balaban J connectivity index is 2.69. The molecule has 2 N–H and O–H groups in total. The van der Waals surface area contributed by atoms with Crippen LogP contribution in [-0.4, -0.2) is 16.8 Å². The van der Waals surface area contributed by atoms with Gasteiger partial charge >= 0.3 is 6.09 Å². The van der Waals surface area contributed by atoms with Gasteiger partial charge in [0.15, 0.2) is 6.20 Å². The average Bonchev–Trinajstić information content (AvgIpc) is 2.14. The van der Waals surface area contributed by atoms with Gasteiger partial charge in [0.2, 0.25) is 5.69 Å². The zero-order chi connectivity index (χ0) is 13.1. The van der Waals surface area contributed by atoms with Gasteiger partial charge < -0.3 is 9.84 Å². The number of aryl methyl sites for hydroxylation is 1. The van der Waals surface area contributed by atoms with Crippen LogP contribution < -0.4 is 9.88 Å². The molecule has 0 saturated heterocycles. The smallest absolute Gasteiger partial charge is 0.412 e. The van der Waals surface area contributed by atoms with Crippen molar-refractivity contribution in [1.29, 1.82) is 0 Å². The summed E-state index contributed by atoms with van der Waals surface area (Å²) >= 11 is 0. The standard InChI is InChI=1S/C12H18N2O3/c1-12(2,3)17-11(16)13-9-5-6-10(8-15)14(4)7-9/h5-7,15H,8H2,1-4H3/p+1. The molecule has 94 valence electrons. The second-order valence-electron chi connectivity index (χ2n) is 4.81. The van der Waals surface area contributed by atoms with Crippen molar-refractivity contribution >= 4 is 11.8 Å². The number of aliphatic hydroxyl groups is 1. The minimum atomic E-state index is -0.517. The third kappa shape index (κ3) is 4.40. The highest BCUT2D eigenvalue weighted by Crippen LogP contribution is 2.10. The minimum absolute atomic E-state index is 0.0385. The second-order valence-corrected chi connectivity index (χ2v) is 4.81. The molecule has 0 spiro atoms. The Morgan fingerprint density at radius 3 is 2.59 bits per heavy atom. The number of carbonyl (C=O) groups is 1. The number of rotatable bonds is 2. The lowest BCUT2D eigenvalue weighted by molar-refractivity contribution is -0.680. The van der Waals surface area contributed by atoms with Crippen molar-refractivity contribution in [2.24, 2.45) is 7.05 Å².